The van der Waals surface area contributed by atoms with E-state index < -0.39 is 0 Å². The zero-order valence-electron chi connectivity index (χ0n) is 10.8. The molecule has 0 saturated heterocycles. The molecule has 1 aliphatic rings. The molecule has 1 aliphatic carbocycles. The lowest BCUT2D eigenvalue weighted by atomic mass is 9.74. The molecule has 0 aromatic heterocycles. The molecule has 0 aromatic carbocycles. The minimum absolute atomic E-state index is 0.0249. The molecule has 1 rings (SSSR count). The predicted molar refractivity (Wildman–Crippen MR) is 66.7 cm³/mol. The second kappa shape index (κ2) is 7.67. The Balaban J connectivity index is 2.24. The second-order valence-corrected chi connectivity index (χ2v) is 4.94. The highest BCUT2D eigenvalue weighted by Gasteiger charge is 2.31. The molecule has 2 N–H and O–H groups in total. The monoisotopic (exact) mass is 243 g/mol. The van der Waals surface area contributed by atoms with Gasteiger partial charge < -0.3 is 15.2 Å². The van der Waals surface area contributed by atoms with Crippen molar-refractivity contribution in [3.8, 4) is 0 Å². The summed E-state index contributed by atoms with van der Waals surface area (Å²) in [5.74, 6) is 0.0249. The van der Waals surface area contributed by atoms with Crippen molar-refractivity contribution in [1.82, 2.24) is 5.32 Å². The molecule has 1 saturated carbocycles. The molecule has 17 heavy (non-hydrogen) atoms. The van der Waals surface area contributed by atoms with Gasteiger partial charge in [0.05, 0.1) is 13.2 Å². The number of rotatable bonds is 7. The predicted octanol–water partition coefficient (Wildman–Crippen LogP) is 1.47. The molecule has 4 heteroatoms. The van der Waals surface area contributed by atoms with Crippen molar-refractivity contribution >= 4 is 5.91 Å². The molecule has 0 atom stereocenters. The fraction of sp³-hybridized carbons (Fsp3) is 0.923. The number of ether oxygens (including phenoxy) is 1. The number of carbonyl (C=O) groups excluding carboxylic acids is 1. The Kier molecular flexibility index (Phi) is 6.52. The SMILES string of the molecule is CCOCCC(=O)NCC1(CO)CCCCC1. The van der Waals surface area contributed by atoms with Crippen LogP contribution in [0.25, 0.3) is 0 Å². The molecule has 0 aliphatic heterocycles. The van der Waals surface area contributed by atoms with Crippen molar-refractivity contribution in [3.63, 3.8) is 0 Å². The molecule has 0 spiro atoms. The van der Waals surface area contributed by atoms with Crippen LogP contribution in [0.3, 0.4) is 0 Å². The van der Waals surface area contributed by atoms with Crippen LogP contribution in [0.2, 0.25) is 0 Å². The van der Waals surface area contributed by atoms with Crippen LogP contribution in [0.5, 0.6) is 0 Å². The molecule has 4 nitrogen and oxygen atoms in total. The lowest BCUT2D eigenvalue weighted by Crippen LogP contribution is -2.41. The summed E-state index contributed by atoms with van der Waals surface area (Å²) in [7, 11) is 0. The fourth-order valence-corrected chi connectivity index (χ4v) is 2.38. The Morgan fingerprint density at radius 1 is 1.35 bits per heavy atom. The van der Waals surface area contributed by atoms with Gasteiger partial charge in [-0.05, 0) is 19.8 Å². The number of carbonyl (C=O) groups is 1. The molecule has 100 valence electrons. The van der Waals surface area contributed by atoms with Gasteiger partial charge in [-0.25, -0.2) is 0 Å². The molecule has 0 radical (unpaired) electrons. The van der Waals surface area contributed by atoms with E-state index >= 15 is 0 Å². The third-order valence-corrected chi connectivity index (χ3v) is 3.59. The normalized spacial score (nSPS) is 18.9. The minimum Gasteiger partial charge on any atom is -0.396 e. The smallest absolute Gasteiger partial charge is 0.222 e. The van der Waals surface area contributed by atoms with Gasteiger partial charge in [-0.3, -0.25) is 4.79 Å². The maximum absolute atomic E-state index is 11.5. The maximum Gasteiger partial charge on any atom is 0.222 e. The largest absolute Gasteiger partial charge is 0.396 e. The summed E-state index contributed by atoms with van der Waals surface area (Å²) >= 11 is 0. The van der Waals surface area contributed by atoms with Crippen LogP contribution in [0.4, 0.5) is 0 Å². The maximum atomic E-state index is 11.5. The van der Waals surface area contributed by atoms with Crippen LogP contribution in [0.1, 0.15) is 45.4 Å². The molecule has 0 heterocycles. The Morgan fingerprint density at radius 2 is 2.06 bits per heavy atom. The lowest BCUT2D eigenvalue weighted by molar-refractivity contribution is -0.123. The van der Waals surface area contributed by atoms with E-state index in [-0.39, 0.29) is 17.9 Å². The lowest BCUT2D eigenvalue weighted by Gasteiger charge is -2.35. The van der Waals surface area contributed by atoms with Crippen molar-refractivity contribution in [3.05, 3.63) is 0 Å². The minimum atomic E-state index is -0.0699. The van der Waals surface area contributed by atoms with E-state index in [0.29, 0.717) is 26.2 Å². The number of aliphatic hydroxyl groups excluding tert-OH is 1. The molecule has 0 unspecified atom stereocenters. The first-order valence-electron chi connectivity index (χ1n) is 6.68. The van der Waals surface area contributed by atoms with Crippen LogP contribution < -0.4 is 5.32 Å². The highest BCUT2D eigenvalue weighted by molar-refractivity contribution is 5.76. The van der Waals surface area contributed by atoms with Crippen LogP contribution >= 0.6 is 0 Å². The van der Waals surface area contributed by atoms with E-state index in [1.165, 1.54) is 6.42 Å². The first-order valence-corrected chi connectivity index (χ1v) is 6.68. The molecule has 1 amide bonds. The molecule has 0 aromatic rings. The Bertz CT molecular complexity index is 225. The van der Waals surface area contributed by atoms with E-state index in [1.807, 2.05) is 6.92 Å². The van der Waals surface area contributed by atoms with Crippen molar-refractivity contribution in [2.75, 3.05) is 26.4 Å². The zero-order chi connectivity index (χ0) is 12.6. The van der Waals surface area contributed by atoms with Gasteiger partial charge in [0.1, 0.15) is 0 Å². The number of hydrogen-bond donors (Lipinski definition) is 2. The van der Waals surface area contributed by atoms with Crippen LogP contribution in [0, 0.1) is 5.41 Å². The quantitative estimate of drug-likeness (QED) is 0.666. The van der Waals surface area contributed by atoms with Gasteiger partial charge in [-0.15, -0.1) is 0 Å². The molecule has 0 bridgehead atoms. The number of amides is 1. The Hall–Kier alpha value is -0.610. The van der Waals surface area contributed by atoms with Gasteiger partial charge in [-0.1, -0.05) is 19.3 Å². The molecular weight excluding hydrogens is 218 g/mol. The van der Waals surface area contributed by atoms with Gasteiger partial charge in [-0.2, -0.15) is 0 Å². The first kappa shape index (κ1) is 14.5. The van der Waals surface area contributed by atoms with Crippen LogP contribution in [-0.2, 0) is 9.53 Å². The standard InChI is InChI=1S/C13H25NO3/c1-2-17-9-6-12(16)14-10-13(11-15)7-4-3-5-8-13/h15H,2-11H2,1H3,(H,14,16). The first-order chi connectivity index (χ1) is 8.22. The fourth-order valence-electron chi connectivity index (χ4n) is 2.38. The summed E-state index contributed by atoms with van der Waals surface area (Å²) in [6.07, 6.45) is 6.03. The van der Waals surface area contributed by atoms with Gasteiger partial charge in [0.15, 0.2) is 0 Å². The topological polar surface area (TPSA) is 58.6 Å². The van der Waals surface area contributed by atoms with E-state index in [1.54, 1.807) is 0 Å². The second-order valence-electron chi connectivity index (χ2n) is 4.94. The summed E-state index contributed by atoms with van der Waals surface area (Å²) in [6.45, 7) is 3.83. The van der Waals surface area contributed by atoms with Gasteiger partial charge in [0.2, 0.25) is 5.91 Å². The average Bonchev–Trinajstić information content (AvgIpc) is 2.38. The van der Waals surface area contributed by atoms with E-state index in [9.17, 15) is 9.90 Å². The highest BCUT2D eigenvalue weighted by Crippen LogP contribution is 2.35. The number of hydrogen-bond acceptors (Lipinski definition) is 3. The third kappa shape index (κ3) is 5.04. The van der Waals surface area contributed by atoms with Crippen molar-refractivity contribution in [2.24, 2.45) is 5.41 Å². The summed E-state index contributed by atoms with van der Waals surface area (Å²) in [6, 6.07) is 0. The van der Waals surface area contributed by atoms with Crippen LogP contribution in [-0.4, -0.2) is 37.4 Å². The van der Waals surface area contributed by atoms with E-state index in [4.69, 9.17) is 4.74 Å². The summed E-state index contributed by atoms with van der Waals surface area (Å²) in [5.41, 5.74) is -0.0699. The van der Waals surface area contributed by atoms with E-state index in [0.717, 1.165) is 25.7 Å². The highest BCUT2D eigenvalue weighted by atomic mass is 16.5. The van der Waals surface area contributed by atoms with E-state index in [2.05, 4.69) is 5.32 Å². The van der Waals surface area contributed by atoms with Crippen molar-refractivity contribution in [2.45, 2.75) is 45.4 Å². The molecule has 1 fully saturated rings. The Labute approximate surface area is 104 Å². The Morgan fingerprint density at radius 3 is 2.65 bits per heavy atom. The summed E-state index contributed by atoms with van der Waals surface area (Å²) in [4.78, 5) is 11.5. The van der Waals surface area contributed by atoms with Crippen molar-refractivity contribution in [1.29, 1.82) is 0 Å². The van der Waals surface area contributed by atoms with Crippen molar-refractivity contribution < 1.29 is 14.6 Å². The number of nitrogens with one attached hydrogen (secondary N) is 1. The van der Waals surface area contributed by atoms with Crippen LogP contribution in [0.15, 0.2) is 0 Å². The average molecular weight is 243 g/mol. The van der Waals surface area contributed by atoms with Gasteiger partial charge in [0, 0.05) is 25.0 Å². The summed E-state index contributed by atoms with van der Waals surface area (Å²) in [5, 5.41) is 12.4. The summed E-state index contributed by atoms with van der Waals surface area (Å²) < 4.78 is 5.14. The third-order valence-electron chi connectivity index (χ3n) is 3.59. The zero-order valence-corrected chi connectivity index (χ0v) is 10.8. The van der Waals surface area contributed by atoms with Gasteiger partial charge >= 0.3 is 0 Å². The molecular formula is C13H25NO3. The number of aliphatic hydroxyl groups is 1. The van der Waals surface area contributed by atoms with Gasteiger partial charge in [0.25, 0.3) is 0 Å².